The maximum atomic E-state index is 10.1. The molecular formula is C19H19N2O+. The Bertz CT molecular complexity index is 807. The van der Waals surface area contributed by atoms with Crippen molar-refractivity contribution < 1.29 is 9.67 Å². The lowest BCUT2D eigenvalue weighted by atomic mass is 10.0. The first-order valence-electron chi connectivity index (χ1n) is 7.36. The zero-order valence-electron chi connectivity index (χ0n) is 12.3. The van der Waals surface area contributed by atoms with Gasteiger partial charge >= 0.3 is 0 Å². The average Bonchev–Trinajstić information content (AvgIpc) is 2.56. The van der Waals surface area contributed by atoms with Gasteiger partial charge in [0.15, 0.2) is 18.9 Å². The van der Waals surface area contributed by atoms with E-state index in [-0.39, 0.29) is 0 Å². The first-order valence-corrected chi connectivity index (χ1v) is 7.36. The van der Waals surface area contributed by atoms with Crippen LogP contribution < -0.4 is 10.3 Å². The molecule has 1 heterocycles. The molecule has 110 valence electrons. The molecule has 3 rings (SSSR count). The van der Waals surface area contributed by atoms with Crippen LogP contribution in [0, 0.1) is 0 Å². The second-order valence-corrected chi connectivity index (χ2v) is 5.21. The third-order valence-corrected chi connectivity index (χ3v) is 3.69. The van der Waals surface area contributed by atoms with Crippen LogP contribution in [0.3, 0.4) is 0 Å². The number of nitrogens with zero attached hydrogens (tertiary/aromatic N) is 1. The highest BCUT2D eigenvalue weighted by Crippen LogP contribution is 2.28. The minimum atomic E-state index is 0.295. The predicted octanol–water partition coefficient (Wildman–Crippen LogP) is 2.96. The fraction of sp³-hybridized carbons (Fsp3) is 0.105. The number of phenolic OH excluding ortho intramolecular Hbond substituents is 1. The van der Waals surface area contributed by atoms with Gasteiger partial charge in [0.2, 0.25) is 0 Å². The molecule has 3 nitrogen and oxygen atoms in total. The Morgan fingerprint density at radius 2 is 1.73 bits per heavy atom. The maximum absolute atomic E-state index is 10.1. The van der Waals surface area contributed by atoms with Crippen molar-refractivity contribution in [1.82, 2.24) is 0 Å². The Morgan fingerprint density at radius 1 is 0.955 bits per heavy atom. The van der Waals surface area contributed by atoms with Crippen LogP contribution in [0.1, 0.15) is 11.1 Å². The summed E-state index contributed by atoms with van der Waals surface area (Å²) in [5.74, 6) is 0.295. The predicted molar refractivity (Wildman–Crippen MR) is 90.2 cm³/mol. The fourth-order valence-electron chi connectivity index (χ4n) is 2.52. The van der Waals surface area contributed by atoms with Gasteiger partial charge in [0.05, 0.1) is 6.54 Å². The topological polar surface area (TPSA) is 50.1 Å². The van der Waals surface area contributed by atoms with Crippen molar-refractivity contribution in [3.05, 3.63) is 72.1 Å². The fourth-order valence-corrected chi connectivity index (χ4v) is 2.52. The normalized spacial score (nSPS) is 11.3. The number of phenols is 1. The number of hydrogen-bond donors (Lipinski definition) is 2. The number of aromatic hydroxyl groups is 1. The average molecular weight is 291 g/mol. The van der Waals surface area contributed by atoms with Crippen LogP contribution in [-0.2, 0) is 6.54 Å². The van der Waals surface area contributed by atoms with E-state index in [4.69, 9.17) is 5.73 Å². The van der Waals surface area contributed by atoms with E-state index in [2.05, 4.69) is 0 Å². The van der Waals surface area contributed by atoms with Crippen molar-refractivity contribution in [1.29, 1.82) is 0 Å². The van der Waals surface area contributed by atoms with Crippen molar-refractivity contribution in [2.75, 3.05) is 6.54 Å². The number of pyridine rings is 1. The van der Waals surface area contributed by atoms with Crippen LogP contribution in [-0.4, -0.2) is 11.7 Å². The van der Waals surface area contributed by atoms with Gasteiger partial charge in [0.25, 0.3) is 0 Å². The Morgan fingerprint density at radius 3 is 2.50 bits per heavy atom. The smallest absolute Gasteiger partial charge is 0.169 e. The number of rotatable bonds is 4. The van der Waals surface area contributed by atoms with Crippen molar-refractivity contribution in [3.63, 3.8) is 0 Å². The number of hydrogen-bond acceptors (Lipinski definition) is 2. The maximum Gasteiger partial charge on any atom is 0.169 e. The van der Waals surface area contributed by atoms with Crippen molar-refractivity contribution >= 4 is 22.9 Å². The summed E-state index contributed by atoms with van der Waals surface area (Å²) in [6.07, 6.45) is 7.99. The highest BCUT2D eigenvalue weighted by atomic mass is 16.3. The van der Waals surface area contributed by atoms with E-state index < -0.39 is 0 Å². The monoisotopic (exact) mass is 291 g/mol. The minimum Gasteiger partial charge on any atom is -0.507 e. The van der Waals surface area contributed by atoms with E-state index in [1.54, 1.807) is 6.07 Å². The third-order valence-electron chi connectivity index (χ3n) is 3.69. The standard InChI is InChI=1S/C19H18N2O/c20-11-14-21-12-9-15(10-13-21)5-7-18-17-4-2-1-3-16(17)6-8-19(18)22/h1-10,12-13H,11,14,20H2/p+1. The molecule has 0 aliphatic rings. The number of fused-ring (bicyclic) bond motifs is 1. The molecule has 0 unspecified atom stereocenters. The molecule has 0 spiro atoms. The molecule has 0 aliphatic heterocycles. The van der Waals surface area contributed by atoms with Crippen LogP contribution in [0.25, 0.3) is 22.9 Å². The quantitative estimate of drug-likeness (QED) is 0.726. The van der Waals surface area contributed by atoms with Gasteiger partial charge in [-0.05, 0) is 22.4 Å². The number of benzene rings is 2. The van der Waals surface area contributed by atoms with E-state index in [0.717, 1.165) is 28.4 Å². The molecule has 22 heavy (non-hydrogen) atoms. The van der Waals surface area contributed by atoms with Gasteiger partial charge < -0.3 is 10.8 Å². The SMILES string of the molecule is NCC[n+]1ccc(/C=C/c2c(O)ccc3ccccc23)cc1. The van der Waals surface area contributed by atoms with Crippen LogP contribution >= 0.6 is 0 Å². The van der Waals surface area contributed by atoms with E-state index >= 15 is 0 Å². The largest absolute Gasteiger partial charge is 0.507 e. The summed E-state index contributed by atoms with van der Waals surface area (Å²) in [7, 11) is 0. The van der Waals surface area contributed by atoms with Gasteiger partial charge in [-0.1, -0.05) is 42.5 Å². The molecule has 2 aromatic carbocycles. The summed E-state index contributed by atoms with van der Waals surface area (Å²) >= 11 is 0. The molecule has 3 aromatic rings. The Kier molecular flexibility index (Phi) is 4.17. The van der Waals surface area contributed by atoms with E-state index in [1.165, 1.54) is 0 Å². The third kappa shape index (κ3) is 3.00. The summed E-state index contributed by atoms with van der Waals surface area (Å²) in [6, 6.07) is 15.8. The molecule has 3 heteroatoms. The van der Waals surface area contributed by atoms with Crippen LogP contribution in [0.5, 0.6) is 5.75 Å². The highest BCUT2D eigenvalue weighted by Gasteiger charge is 2.03. The van der Waals surface area contributed by atoms with Gasteiger partial charge in [0.1, 0.15) is 5.75 Å². The summed E-state index contributed by atoms with van der Waals surface area (Å²) < 4.78 is 2.05. The molecule has 0 saturated heterocycles. The molecule has 0 bridgehead atoms. The van der Waals surface area contributed by atoms with E-state index in [1.807, 2.05) is 71.6 Å². The molecule has 0 saturated carbocycles. The van der Waals surface area contributed by atoms with Crippen molar-refractivity contribution in [2.24, 2.45) is 5.73 Å². The van der Waals surface area contributed by atoms with Crippen molar-refractivity contribution in [2.45, 2.75) is 6.54 Å². The summed E-state index contributed by atoms with van der Waals surface area (Å²) in [6.45, 7) is 1.44. The summed E-state index contributed by atoms with van der Waals surface area (Å²) in [4.78, 5) is 0. The Labute approximate surface area is 130 Å². The van der Waals surface area contributed by atoms with Gasteiger partial charge in [-0.25, -0.2) is 4.57 Å². The van der Waals surface area contributed by atoms with E-state index in [0.29, 0.717) is 12.3 Å². The molecule has 0 radical (unpaired) electrons. The number of aromatic nitrogens is 1. The van der Waals surface area contributed by atoms with Gasteiger partial charge in [-0.2, -0.15) is 0 Å². The van der Waals surface area contributed by atoms with Gasteiger partial charge in [-0.15, -0.1) is 0 Å². The molecule has 0 amide bonds. The molecule has 0 atom stereocenters. The minimum absolute atomic E-state index is 0.295. The lowest BCUT2D eigenvalue weighted by Crippen LogP contribution is -2.36. The highest BCUT2D eigenvalue weighted by molar-refractivity contribution is 5.95. The van der Waals surface area contributed by atoms with Crippen LogP contribution in [0.15, 0.2) is 60.9 Å². The van der Waals surface area contributed by atoms with Gasteiger partial charge in [-0.3, -0.25) is 0 Å². The Hall–Kier alpha value is -2.65. The lowest BCUT2D eigenvalue weighted by Gasteiger charge is -2.05. The molecule has 0 aliphatic carbocycles. The van der Waals surface area contributed by atoms with Crippen LogP contribution in [0.4, 0.5) is 0 Å². The van der Waals surface area contributed by atoms with Gasteiger partial charge in [0, 0.05) is 17.7 Å². The van der Waals surface area contributed by atoms with E-state index in [9.17, 15) is 5.11 Å². The zero-order chi connectivity index (χ0) is 15.4. The molecule has 3 N–H and O–H groups in total. The first-order chi connectivity index (χ1) is 10.8. The summed E-state index contributed by atoms with van der Waals surface area (Å²) in [5, 5.41) is 12.3. The molecule has 0 fully saturated rings. The summed E-state index contributed by atoms with van der Waals surface area (Å²) in [5.41, 5.74) is 7.47. The second-order valence-electron chi connectivity index (χ2n) is 5.21. The second kappa shape index (κ2) is 6.41. The van der Waals surface area contributed by atoms with Crippen molar-refractivity contribution in [3.8, 4) is 5.75 Å². The lowest BCUT2D eigenvalue weighted by molar-refractivity contribution is -0.694. The molecular weight excluding hydrogens is 272 g/mol. The van der Waals surface area contributed by atoms with Crippen LogP contribution in [0.2, 0.25) is 0 Å². The Balaban J connectivity index is 1.93. The number of nitrogens with two attached hydrogens (primary N) is 1. The molecule has 1 aromatic heterocycles. The zero-order valence-corrected chi connectivity index (χ0v) is 12.3. The first kappa shape index (κ1) is 14.3.